The van der Waals surface area contributed by atoms with Crippen molar-refractivity contribution in [3.8, 4) is 0 Å². The molecule has 0 bridgehead atoms. The van der Waals surface area contributed by atoms with E-state index in [4.69, 9.17) is 9.47 Å². The minimum atomic E-state index is -0.731. The van der Waals surface area contributed by atoms with Gasteiger partial charge in [0, 0.05) is 25.0 Å². The van der Waals surface area contributed by atoms with Crippen molar-refractivity contribution in [3.63, 3.8) is 0 Å². The van der Waals surface area contributed by atoms with Gasteiger partial charge in [-0.3, -0.25) is 9.88 Å². The number of carbonyl (C=O) groups is 2. The molecule has 0 N–H and O–H groups in total. The number of anilines is 1. The number of amides is 1. The van der Waals surface area contributed by atoms with E-state index in [1.165, 1.54) is 12.0 Å². The van der Waals surface area contributed by atoms with E-state index in [9.17, 15) is 9.59 Å². The molecular formula is C20H25N3O4. The van der Waals surface area contributed by atoms with Gasteiger partial charge in [-0.1, -0.05) is 18.2 Å². The third kappa shape index (κ3) is 4.30. The van der Waals surface area contributed by atoms with E-state index >= 15 is 0 Å². The Bertz CT molecular complexity index is 846. The van der Waals surface area contributed by atoms with Gasteiger partial charge in [0.05, 0.1) is 24.5 Å². The molecule has 2 heterocycles. The van der Waals surface area contributed by atoms with Gasteiger partial charge in [-0.25, -0.2) is 9.59 Å². The van der Waals surface area contributed by atoms with Gasteiger partial charge in [-0.15, -0.1) is 0 Å². The Morgan fingerprint density at radius 3 is 2.63 bits per heavy atom. The van der Waals surface area contributed by atoms with Crippen LogP contribution in [0.2, 0.25) is 0 Å². The number of aromatic nitrogens is 1. The van der Waals surface area contributed by atoms with Crippen molar-refractivity contribution in [2.45, 2.75) is 32.4 Å². The maximum Gasteiger partial charge on any atom is 0.411 e. The predicted octanol–water partition coefficient (Wildman–Crippen LogP) is 2.83. The number of rotatable bonds is 2. The van der Waals surface area contributed by atoms with E-state index in [0.717, 1.165) is 16.6 Å². The zero-order valence-corrected chi connectivity index (χ0v) is 16.1. The summed E-state index contributed by atoms with van der Waals surface area (Å²) in [6, 6.07) is 9.18. The second kappa shape index (κ2) is 7.42. The molecule has 144 valence electrons. The Morgan fingerprint density at radius 1 is 1.19 bits per heavy atom. The lowest BCUT2D eigenvalue weighted by Gasteiger charge is -2.41. The molecule has 1 atom stereocenters. The van der Waals surface area contributed by atoms with Gasteiger partial charge in [0.15, 0.2) is 6.04 Å². The van der Waals surface area contributed by atoms with Crippen molar-refractivity contribution in [1.29, 1.82) is 0 Å². The lowest BCUT2D eigenvalue weighted by atomic mass is 10.1. The van der Waals surface area contributed by atoms with Crippen LogP contribution in [0.25, 0.3) is 10.9 Å². The number of fused-ring (bicyclic) bond motifs is 1. The quantitative estimate of drug-likeness (QED) is 0.756. The number of benzene rings is 1. The Morgan fingerprint density at radius 2 is 1.93 bits per heavy atom. The van der Waals surface area contributed by atoms with Gasteiger partial charge < -0.3 is 14.4 Å². The summed E-state index contributed by atoms with van der Waals surface area (Å²) < 4.78 is 10.4. The van der Waals surface area contributed by atoms with Gasteiger partial charge in [0.25, 0.3) is 0 Å². The highest BCUT2D eigenvalue weighted by molar-refractivity contribution is 5.84. The van der Waals surface area contributed by atoms with Gasteiger partial charge >= 0.3 is 12.1 Å². The van der Waals surface area contributed by atoms with Crippen molar-refractivity contribution in [3.05, 3.63) is 36.5 Å². The molecule has 0 radical (unpaired) electrons. The molecule has 0 aliphatic carbocycles. The second-order valence-electron chi connectivity index (χ2n) is 7.54. The lowest BCUT2D eigenvalue weighted by Crippen LogP contribution is -2.59. The van der Waals surface area contributed by atoms with Crippen LogP contribution in [0, 0.1) is 0 Å². The van der Waals surface area contributed by atoms with E-state index < -0.39 is 23.7 Å². The Hall–Kier alpha value is -2.83. The van der Waals surface area contributed by atoms with Crippen LogP contribution in [0.4, 0.5) is 10.5 Å². The number of piperazine rings is 1. The highest BCUT2D eigenvalue weighted by Crippen LogP contribution is 2.24. The highest BCUT2D eigenvalue weighted by Gasteiger charge is 2.38. The van der Waals surface area contributed by atoms with Crippen LogP contribution >= 0.6 is 0 Å². The first-order valence-corrected chi connectivity index (χ1v) is 8.96. The Kier molecular flexibility index (Phi) is 5.21. The number of methoxy groups -OCH3 is 1. The zero-order valence-electron chi connectivity index (χ0n) is 16.1. The molecular weight excluding hydrogens is 346 g/mol. The normalized spacial score (nSPS) is 17.7. The van der Waals surface area contributed by atoms with Gasteiger partial charge in [-0.05, 0) is 32.9 Å². The number of hydrogen-bond donors (Lipinski definition) is 0. The van der Waals surface area contributed by atoms with Crippen LogP contribution in [0.5, 0.6) is 0 Å². The largest absolute Gasteiger partial charge is 0.467 e. The van der Waals surface area contributed by atoms with Crippen LogP contribution in [0.15, 0.2) is 36.5 Å². The molecule has 7 nitrogen and oxygen atoms in total. The summed E-state index contributed by atoms with van der Waals surface area (Å²) in [6.07, 6.45) is 1.29. The molecule has 1 unspecified atom stereocenters. The minimum absolute atomic E-state index is 0.325. The van der Waals surface area contributed by atoms with E-state index in [1.54, 1.807) is 27.0 Å². The van der Waals surface area contributed by atoms with Crippen LogP contribution in [-0.2, 0) is 14.3 Å². The van der Waals surface area contributed by atoms with Crippen molar-refractivity contribution in [1.82, 2.24) is 9.88 Å². The topological polar surface area (TPSA) is 72.0 Å². The molecule has 1 aliphatic rings. The Labute approximate surface area is 158 Å². The fourth-order valence-corrected chi connectivity index (χ4v) is 3.13. The van der Waals surface area contributed by atoms with Gasteiger partial charge in [0.1, 0.15) is 5.60 Å². The fraction of sp³-hybridized carbons (Fsp3) is 0.450. The predicted molar refractivity (Wildman–Crippen MR) is 103 cm³/mol. The number of pyridine rings is 1. The molecule has 0 spiro atoms. The van der Waals surface area contributed by atoms with Crippen molar-refractivity contribution >= 4 is 28.7 Å². The first kappa shape index (κ1) is 18.9. The van der Waals surface area contributed by atoms with E-state index in [0.29, 0.717) is 19.6 Å². The van der Waals surface area contributed by atoms with Crippen LogP contribution in [0.3, 0.4) is 0 Å². The lowest BCUT2D eigenvalue weighted by molar-refractivity contribution is -0.147. The number of hydrogen-bond acceptors (Lipinski definition) is 6. The van der Waals surface area contributed by atoms with Crippen LogP contribution < -0.4 is 4.90 Å². The van der Waals surface area contributed by atoms with E-state index in [1.807, 2.05) is 35.2 Å². The summed E-state index contributed by atoms with van der Waals surface area (Å²) >= 11 is 0. The number of carbonyl (C=O) groups excluding carboxylic acids is 2. The SMILES string of the molecule is COC(=O)C1CN(c2cnc3ccccc3c2)CCN1C(=O)OC(C)(C)C. The van der Waals surface area contributed by atoms with E-state index in [2.05, 4.69) is 4.98 Å². The van der Waals surface area contributed by atoms with Gasteiger partial charge in [0.2, 0.25) is 0 Å². The molecule has 0 saturated carbocycles. The first-order valence-electron chi connectivity index (χ1n) is 8.96. The molecule has 7 heteroatoms. The minimum Gasteiger partial charge on any atom is -0.467 e. The molecule has 2 aromatic rings. The molecule has 1 aliphatic heterocycles. The molecule has 1 amide bonds. The average molecular weight is 371 g/mol. The van der Waals surface area contributed by atoms with Crippen molar-refractivity contribution in [2.24, 2.45) is 0 Å². The fourth-order valence-electron chi connectivity index (χ4n) is 3.13. The highest BCUT2D eigenvalue weighted by atomic mass is 16.6. The molecule has 1 aromatic heterocycles. The molecule has 1 saturated heterocycles. The van der Waals surface area contributed by atoms with Crippen LogP contribution in [0.1, 0.15) is 20.8 Å². The van der Waals surface area contributed by atoms with Gasteiger partial charge in [-0.2, -0.15) is 0 Å². The molecule has 1 aromatic carbocycles. The molecule has 3 rings (SSSR count). The third-order valence-corrected chi connectivity index (χ3v) is 4.42. The summed E-state index contributed by atoms with van der Waals surface area (Å²) in [5.41, 5.74) is 1.20. The summed E-state index contributed by atoms with van der Waals surface area (Å²) in [4.78, 5) is 32.8. The maximum atomic E-state index is 12.5. The second-order valence-corrected chi connectivity index (χ2v) is 7.54. The third-order valence-electron chi connectivity index (χ3n) is 4.42. The van der Waals surface area contributed by atoms with Crippen LogP contribution in [-0.4, -0.2) is 60.3 Å². The number of nitrogens with zero attached hydrogens (tertiary/aromatic N) is 3. The summed E-state index contributed by atoms with van der Waals surface area (Å²) in [5, 5.41) is 1.03. The smallest absolute Gasteiger partial charge is 0.411 e. The zero-order chi connectivity index (χ0) is 19.6. The molecule has 1 fully saturated rings. The average Bonchev–Trinajstić information content (AvgIpc) is 2.65. The first-order chi connectivity index (χ1) is 12.8. The van der Waals surface area contributed by atoms with E-state index in [-0.39, 0.29) is 0 Å². The maximum absolute atomic E-state index is 12.5. The summed E-state index contributed by atoms with van der Waals surface area (Å²) in [6.45, 7) is 6.67. The Balaban J connectivity index is 1.82. The summed E-state index contributed by atoms with van der Waals surface area (Å²) in [5.74, 6) is -0.459. The summed E-state index contributed by atoms with van der Waals surface area (Å²) in [7, 11) is 1.33. The monoisotopic (exact) mass is 371 g/mol. The number of para-hydroxylation sites is 1. The standard InChI is InChI=1S/C20H25N3O4/c1-20(2,3)27-19(25)23-10-9-22(13-17(23)18(24)26-4)15-11-14-7-5-6-8-16(14)21-12-15/h5-8,11-12,17H,9-10,13H2,1-4H3. The van der Waals surface area contributed by atoms with Crippen molar-refractivity contribution < 1.29 is 19.1 Å². The number of esters is 1. The van der Waals surface area contributed by atoms with Crippen molar-refractivity contribution in [2.75, 3.05) is 31.6 Å². The number of ether oxygens (including phenoxy) is 2. The molecule has 27 heavy (non-hydrogen) atoms.